The Labute approximate surface area is 161 Å². The van der Waals surface area contributed by atoms with E-state index >= 15 is 0 Å². The molecule has 0 aliphatic heterocycles. The van der Waals surface area contributed by atoms with Crippen LogP contribution >= 0.6 is 24.0 Å². The predicted molar refractivity (Wildman–Crippen MR) is 107 cm³/mol. The molecule has 6 nitrogen and oxygen atoms in total. The Bertz CT molecular complexity index is 626. The molecule has 1 saturated carbocycles. The number of sulfone groups is 1. The van der Waals surface area contributed by atoms with Crippen molar-refractivity contribution in [2.24, 2.45) is 10.7 Å². The average molecular weight is 467 g/mol. The van der Waals surface area contributed by atoms with Crippen LogP contribution in [0.4, 0.5) is 0 Å². The Balaban J connectivity index is 0.00000288. The first kappa shape index (κ1) is 21.0. The van der Waals surface area contributed by atoms with Crippen molar-refractivity contribution in [1.29, 1.82) is 0 Å². The van der Waals surface area contributed by atoms with Crippen LogP contribution in [0.15, 0.2) is 34.2 Å². The third kappa shape index (κ3) is 7.25. The average Bonchev–Trinajstić information content (AvgIpc) is 2.52. The lowest BCUT2D eigenvalue weighted by Crippen LogP contribution is -2.41. The standard InChI is InChI=1S/C16H25N3O3S.HI/c1-23(20,21)15-9-7-14(8-10-15)22-12-11-18-16(17)19-13-5-3-2-4-6-13;/h7-10,13H,2-6,11-12H2,1H3,(H3,17,18,19);1H. The number of nitrogens with two attached hydrogens (primary N) is 1. The molecule has 0 radical (unpaired) electrons. The Morgan fingerprint density at radius 1 is 1.25 bits per heavy atom. The van der Waals surface area contributed by atoms with Crippen molar-refractivity contribution in [2.75, 3.05) is 19.4 Å². The normalized spacial score (nSPS) is 16.3. The molecule has 0 amide bonds. The molecule has 0 heterocycles. The van der Waals surface area contributed by atoms with Crippen LogP contribution < -0.4 is 15.8 Å². The molecular formula is C16H26IN3O3S. The molecule has 1 aliphatic carbocycles. The van der Waals surface area contributed by atoms with Crippen molar-refractivity contribution in [3.05, 3.63) is 24.3 Å². The minimum atomic E-state index is -3.17. The molecule has 136 valence electrons. The molecular weight excluding hydrogens is 441 g/mol. The van der Waals surface area contributed by atoms with Crippen LogP contribution in [0.1, 0.15) is 32.1 Å². The molecule has 2 rings (SSSR count). The predicted octanol–water partition coefficient (Wildman–Crippen LogP) is 2.32. The van der Waals surface area contributed by atoms with E-state index in [0.29, 0.717) is 30.9 Å². The molecule has 1 fully saturated rings. The number of nitrogens with zero attached hydrogens (tertiary/aromatic N) is 1. The van der Waals surface area contributed by atoms with E-state index < -0.39 is 9.84 Å². The van der Waals surface area contributed by atoms with Gasteiger partial charge in [-0.2, -0.15) is 0 Å². The second-order valence-corrected chi connectivity index (χ2v) is 7.85. The fourth-order valence-electron chi connectivity index (χ4n) is 2.61. The summed E-state index contributed by atoms with van der Waals surface area (Å²) in [5.74, 6) is 1.08. The summed E-state index contributed by atoms with van der Waals surface area (Å²) in [5.41, 5.74) is 5.87. The number of nitrogens with one attached hydrogen (secondary N) is 1. The maximum Gasteiger partial charge on any atom is 0.188 e. The van der Waals surface area contributed by atoms with Gasteiger partial charge in [0.05, 0.1) is 11.4 Å². The van der Waals surface area contributed by atoms with Crippen LogP contribution in [0.25, 0.3) is 0 Å². The molecule has 24 heavy (non-hydrogen) atoms. The number of aliphatic imine (C=N–C) groups is 1. The summed E-state index contributed by atoms with van der Waals surface area (Å²) in [6.07, 6.45) is 7.29. The van der Waals surface area contributed by atoms with Crippen LogP contribution in [-0.2, 0) is 9.84 Å². The molecule has 0 aromatic heterocycles. The fraction of sp³-hybridized carbons (Fsp3) is 0.562. The Hall–Kier alpha value is -1.03. The first-order valence-electron chi connectivity index (χ1n) is 7.94. The number of halogens is 1. The van der Waals surface area contributed by atoms with Gasteiger partial charge in [-0.3, -0.25) is 0 Å². The van der Waals surface area contributed by atoms with Gasteiger partial charge < -0.3 is 15.8 Å². The summed E-state index contributed by atoms with van der Waals surface area (Å²) in [6.45, 7) is 0.852. The molecule has 0 atom stereocenters. The molecule has 1 aliphatic rings. The van der Waals surface area contributed by atoms with Crippen LogP contribution in [0, 0.1) is 0 Å². The second-order valence-electron chi connectivity index (χ2n) is 5.84. The number of guanidine groups is 1. The smallest absolute Gasteiger partial charge is 0.188 e. The van der Waals surface area contributed by atoms with Crippen molar-refractivity contribution in [3.63, 3.8) is 0 Å². The summed E-state index contributed by atoms with van der Waals surface area (Å²) in [6, 6.07) is 6.80. The molecule has 0 bridgehead atoms. The Morgan fingerprint density at radius 3 is 2.46 bits per heavy atom. The van der Waals surface area contributed by atoms with Crippen molar-refractivity contribution in [2.45, 2.75) is 43.0 Å². The van der Waals surface area contributed by atoms with E-state index in [9.17, 15) is 8.42 Å². The third-order valence-corrected chi connectivity index (χ3v) is 4.98. The van der Waals surface area contributed by atoms with Gasteiger partial charge in [-0.05, 0) is 37.1 Å². The lowest BCUT2D eigenvalue weighted by Gasteiger charge is -2.23. The highest BCUT2D eigenvalue weighted by Crippen LogP contribution is 2.17. The van der Waals surface area contributed by atoms with Gasteiger partial charge in [0.25, 0.3) is 0 Å². The van der Waals surface area contributed by atoms with Gasteiger partial charge in [0.1, 0.15) is 12.4 Å². The van der Waals surface area contributed by atoms with E-state index in [1.54, 1.807) is 12.1 Å². The van der Waals surface area contributed by atoms with Gasteiger partial charge in [-0.1, -0.05) is 19.3 Å². The lowest BCUT2D eigenvalue weighted by molar-refractivity contribution is 0.328. The highest BCUT2D eigenvalue weighted by atomic mass is 127. The van der Waals surface area contributed by atoms with Crippen molar-refractivity contribution >= 4 is 39.8 Å². The van der Waals surface area contributed by atoms with E-state index in [2.05, 4.69) is 10.3 Å². The molecule has 0 spiro atoms. The largest absolute Gasteiger partial charge is 0.492 e. The molecule has 0 unspecified atom stereocenters. The van der Waals surface area contributed by atoms with Gasteiger partial charge >= 0.3 is 0 Å². The molecule has 1 aromatic carbocycles. The molecule has 1 aromatic rings. The van der Waals surface area contributed by atoms with E-state index in [0.717, 1.165) is 12.8 Å². The van der Waals surface area contributed by atoms with Crippen molar-refractivity contribution in [3.8, 4) is 5.75 Å². The van der Waals surface area contributed by atoms with Gasteiger partial charge in [0, 0.05) is 12.3 Å². The summed E-state index contributed by atoms with van der Waals surface area (Å²) in [5, 5.41) is 3.25. The molecule has 3 N–H and O–H groups in total. The number of hydrogen-bond donors (Lipinski definition) is 2. The minimum Gasteiger partial charge on any atom is -0.492 e. The highest BCUT2D eigenvalue weighted by molar-refractivity contribution is 14.0. The third-order valence-electron chi connectivity index (χ3n) is 3.85. The maximum atomic E-state index is 11.4. The first-order chi connectivity index (χ1) is 10.9. The van der Waals surface area contributed by atoms with Crippen LogP contribution in [-0.4, -0.2) is 39.8 Å². The summed E-state index contributed by atoms with van der Waals surface area (Å²) < 4.78 is 28.3. The van der Waals surface area contributed by atoms with Gasteiger partial charge in [-0.15, -0.1) is 24.0 Å². The zero-order chi connectivity index (χ0) is 16.7. The quantitative estimate of drug-likeness (QED) is 0.290. The van der Waals surface area contributed by atoms with Crippen molar-refractivity contribution in [1.82, 2.24) is 5.32 Å². The zero-order valence-corrected chi connectivity index (χ0v) is 17.0. The van der Waals surface area contributed by atoms with E-state index in [-0.39, 0.29) is 28.9 Å². The van der Waals surface area contributed by atoms with E-state index in [1.807, 2.05) is 0 Å². The maximum absolute atomic E-state index is 11.4. The van der Waals surface area contributed by atoms with Crippen LogP contribution in [0.5, 0.6) is 5.75 Å². The fourth-order valence-corrected chi connectivity index (χ4v) is 3.24. The first-order valence-corrected chi connectivity index (χ1v) is 9.83. The summed E-state index contributed by atoms with van der Waals surface area (Å²) in [7, 11) is -3.17. The molecule has 0 saturated heterocycles. The molecule has 8 heteroatoms. The number of rotatable bonds is 6. The van der Waals surface area contributed by atoms with E-state index in [1.165, 1.54) is 37.7 Å². The Kier molecular flexibility index (Phi) is 8.82. The van der Waals surface area contributed by atoms with Crippen LogP contribution in [0.2, 0.25) is 0 Å². The monoisotopic (exact) mass is 467 g/mol. The number of hydrogen-bond acceptors (Lipinski definition) is 4. The zero-order valence-electron chi connectivity index (χ0n) is 13.9. The Morgan fingerprint density at radius 2 is 1.88 bits per heavy atom. The van der Waals surface area contributed by atoms with Gasteiger partial charge in [0.2, 0.25) is 0 Å². The second kappa shape index (κ2) is 10.1. The SMILES string of the molecule is CS(=O)(=O)c1ccc(OCCN=C(N)NC2CCCCC2)cc1.I. The minimum absolute atomic E-state index is 0. The number of ether oxygens (including phenoxy) is 1. The summed E-state index contributed by atoms with van der Waals surface area (Å²) >= 11 is 0. The van der Waals surface area contributed by atoms with Crippen LogP contribution in [0.3, 0.4) is 0 Å². The van der Waals surface area contributed by atoms with E-state index in [4.69, 9.17) is 10.5 Å². The topological polar surface area (TPSA) is 93.8 Å². The van der Waals surface area contributed by atoms with Gasteiger partial charge in [0.15, 0.2) is 15.8 Å². The lowest BCUT2D eigenvalue weighted by atomic mass is 9.96. The summed E-state index contributed by atoms with van der Waals surface area (Å²) in [4.78, 5) is 4.53. The van der Waals surface area contributed by atoms with Gasteiger partial charge in [-0.25, -0.2) is 13.4 Å². The highest BCUT2D eigenvalue weighted by Gasteiger charge is 2.13. The van der Waals surface area contributed by atoms with Crippen molar-refractivity contribution < 1.29 is 13.2 Å². The number of benzene rings is 1.